The maximum atomic E-state index is 8.73. The highest BCUT2D eigenvalue weighted by Crippen LogP contribution is 2.24. The molecule has 0 saturated carbocycles. The lowest BCUT2D eigenvalue weighted by Gasteiger charge is -2.01. The van der Waals surface area contributed by atoms with Gasteiger partial charge in [0.05, 0.1) is 5.56 Å². The van der Waals surface area contributed by atoms with Crippen LogP contribution in [-0.2, 0) is 0 Å². The third-order valence-corrected chi connectivity index (χ3v) is 2.36. The van der Waals surface area contributed by atoms with Crippen molar-refractivity contribution < 1.29 is 0 Å². The van der Waals surface area contributed by atoms with E-state index >= 15 is 0 Å². The van der Waals surface area contributed by atoms with Gasteiger partial charge in [0.15, 0.2) is 0 Å². The van der Waals surface area contributed by atoms with Gasteiger partial charge in [0.2, 0.25) is 0 Å². The number of anilines is 1. The number of thioether (sulfide) groups is 1. The summed E-state index contributed by atoms with van der Waals surface area (Å²) in [6, 6.07) is 7.48. The molecule has 2 nitrogen and oxygen atoms in total. The third kappa shape index (κ3) is 1.93. The van der Waals surface area contributed by atoms with Crippen LogP contribution in [0, 0.1) is 11.3 Å². The number of nitrogens with two attached hydrogens (primary N) is 1. The van der Waals surface area contributed by atoms with Gasteiger partial charge in [0.1, 0.15) is 6.07 Å². The maximum Gasteiger partial charge on any atom is 0.100 e. The van der Waals surface area contributed by atoms with E-state index in [0.29, 0.717) is 11.3 Å². The normalized spacial score (nSPS) is 9.33. The van der Waals surface area contributed by atoms with Crippen LogP contribution in [0.4, 0.5) is 5.69 Å². The molecule has 62 valence electrons. The Labute approximate surface area is 76.4 Å². The lowest BCUT2D eigenvalue weighted by atomic mass is 10.2. The van der Waals surface area contributed by atoms with E-state index in [1.54, 1.807) is 23.9 Å². The summed E-state index contributed by atoms with van der Waals surface area (Å²) in [5.41, 5.74) is 7.01. The Morgan fingerprint density at radius 2 is 2.33 bits per heavy atom. The molecule has 12 heavy (non-hydrogen) atoms. The predicted octanol–water partition coefficient (Wildman–Crippen LogP) is 2.25. The number of benzene rings is 1. The summed E-state index contributed by atoms with van der Waals surface area (Å²) in [5.74, 6) is 0.956. The monoisotopic (exact) mass is 178 g/mol. The van der Waals surface area contributed by atoms with Crippen LogP contribution >= 0.6 is 11.8 Å². The predicted molar refractivity (Wildman–Crippen MR) is 52.0 cm³/mol. The second-order valence-electron chi connectivity index (χ2n) is 2.30. The van der Waals surface area contributed by atoms with Gasteiger partial charge in [-0.15, -0.1) is 11.8 Å². The van der Waals surface area contributed by atoms with E-state index in [2.05, 4.69) is 13.0 Å². The fourth-order valence-electron chi connectivity index (χ4n) is 0.906. The highest BCUT2D eigenvalue weighted by atomic mass is 32.2. The van der Waals surface area contributed by atoms with Gasteiger partial charge in [-0.2, -0.15) is 5.26 Å². The Kier molecular flexibility index (Phi) is 3.01. The van der Waals surface area contributed by atoms with Crippen molar-refractivity contribution in [3.8, 4) is 6.07 Å². The summed E-state index contributed by atoms with van der Waals surface area (Å²) >= 11 is 1.64. The van der Waals surface area contributed by atoms with Gasteiger partial charge in [-0.05, 0) is 24.0 Å². The zero-order valence-corrected chi connectivity index (χ0v) is 7.69. The molecule has 0 heterocycles. The first-order valence-electron chi connectivity index (χ1n) is 3.70. The first-order chi connectivity index (χ1) is 5.77. The molecule has 1 aromatic carbocycles. The van der Waals surface area contributed by atoms with Crippen molar-refractivity contribution in [2.45, 2.75) is 11.8 Å². The molecule has 0 spiro atoms. The molecule has 0 atom stereocenters. The number of hydrogen-bond donors (Lipinski definition) is 1. The molecule has 0 aliphatic rings. The van der Waals surface area contributed by atoms with Crippen LogP contribution in [0.2, 0.25) is 0 Å². The molecule has 2 N–H and O–H groups in total. The summed E-state index contributed by atoms with van der Waals surface area (Å²) in [4.78, 5) is 0.972. The van der Waals surface area contributed by atoms with Crippen LogP contribution in [0.15, 0.2) is 23.1 Å². The summed E-state index contributed by atoms with van der Waals surface area (Å²) in [5, 5.41) is 8.73. The molecule has 0 radical (unpaired) electrons. The first kappa shape index (κ1) is 8.95. The van der Waals surface area contributed by atoms with Crippen molar-refractivity contribution in [1.29, 1.82) is 5.26 Å². The topological polar surface area (TPSA) is 49.8 Å². The van der Waals surface area contributed by atoms with Gasteiger partial charge in [-0.25, -0.2) is 0 Å². The fraction of sp³-hybridized carbons (Fsp3) is 0.222. The molecule has 0 bridgehead atoms. The number of nitrogen functional groups attached to an aromatic ring is 1. The molecule has 3 heteroatoms. The second kappa shape index (κ2) is 4.03. The number of rotatable bonds is 2. The largest absolute Gasteiger partial charge is 0.399 e. The van der Waals surface area contributed by atoms with E-state index in [9.17, 15) is 0 Å². The molecule has 0 saturated heterocycles. The fourth-order valence-corrected chi connectivity index (χ4v) is 1.71. The Morgan fingerprint density at radius 3 is 2.92 bits per heavy atom. The quantitative estimate of drug-likeness (QED) is 0.558. The van der Waals surface area contributed by atoms with E-state index in [1.807, 2.05) is 6.07 Å². The molecule has 1 rings (SSSR count). The van der Waals surface area contributed by atoms with Crippen LogP contribution < -0.4 is 5.73 Å². The lowest BCUT2D eigenvalue weighted by molar-refractivity contribution is 1.36. The van der Waals surface area contributed by atoms with Crippen LogP contribution in [-0.4, -0.2) is 5.75 Å². The number of nitrogens with zero attached hydrogens (tertiary/aromatic N) is 1. The van der Waals surface area contributed by atoms with Gasteiger partial charge < -0.3 is 5.73 Å². The van der Waals surface area contributed by atoms with Crippen molar-refractivity contribution in [3.63, 3.8) is 0 Å². The minimum absolute atomic E-state index is 0.705. The Bertz CT molecular complexity index is 315. The maximum absolute atomic E-state index is 8.73. The molecule has 0 fully saturated rings. The van der Waals surface area contributed by atoms with Gasteiger partial charge >= 0.3 is 0 Å². The van der Waals surface area contributed by atoms with E-state index in [-0.39, 0.29) is 0 Å². The Morgan fingerprint density at radius 1 is 1.58 bits per heavy atom. The van der Waals surface area contributed by atoms with Crippen molar-refractivity contribution in [3.05, 3.63) is 23.8 Å². The van der Waals surface area contributed by atoms with Crippen molar-refractivity contribution in [2.24, 2.45) is 0 Å². The molecule has 0 amide bonds. The van der Waals surface area contributed by atoms with Gasteiger partial charge in [0.25, 0.3) is 0 Å². The van der Waals surface area contributed by atoms with Crippen molar-refractivity contribution in [2.75, 3.05) is 11.5 Å². The molecule has 0 aliphatic heterocycles. The SMILES string of the molecule is CCSc1cc(N)ccc1C#N. The van der Waals surface area contributed by atoms with Crippen molar-refractivity contribution in [1.82, 2.24) is 0 Å². The molecule has 0 aromatic heterocycles. The lowest BCUT2D eigenvalue weighted by Crippen LogP contribution is -1.87. The van der Waals surface area contributed by atoms with Gasteiger partial charge in [0, 0.05) is 10.6 Å². The third-order valence-electron chi connectivity index (χ3n) is 1.43. The highest BCUT2D eigenvalue weighted by molar-refractivity contribution is 7.99. The average molecular weight is 178 g/mol. The molecule has 0 aliphatic carbocycles. The zero-order chi connectivity index (χ0) is 8.97. The molecule has 1 aromatic rings. The second-order valence-corrected chi connectivity index (χ2v) is 3.61. The molecule has 0 unspecified atom stereocenters. The van der Waals surface area contributed by atoms with E-state index in [0.717, 1.165) is 10.6 Å². The summed E-state index contributed by atoms with van der Waals surface area (Å²) in [7, 11) is 0. The van der Waals surface area contributed by atoms with E-state index in [4.69, 9.17) is 11.0 Å². The first-order valence-corrected chi connectivity index (χ1v) is 4.69. The van der Waals surface area contributed by atoms with Crippen LogP contribution in [0.3, 0.4) is 0 Å². The van der Waals surface area contributed by atoms with E-state index in [1.165, 1.54) is 0 Å². The van der Waals surface area contributed by atoms with Crippen LogP contribution in [0.1, 0.15) is 12.5 Å². The number of hydrogen-bond acceptors (Lipinski definition) is 3. The summed E-state index contributed by atoms with van der Waals surface area (Å²) in [6.45, 7) is 2.05. The van der Waals surface area contributed by atoms with Gasteiger partial charge in [-0.1, -0.05) is 6.92 Å². The average Bonchev–Trinajstić information content (AvgIpc) is 2.05. The summed E-state index contributed by atoms with van der Waals surface area (Å²) < 4.78 is 0. The van der Waals surface area contributed by atoms with Crippen LogP contribution in [0.25, 0.3) is 0 Å². The standard InChI is InChI=1S/C9H10N2S/c1-2-12-9-5-8(11)4-3-7(9)6-10/h3-5H,2,11H2,1H3. The number of nitriles is 1. The minimum Gasteiger partial charge on any atom is -0.399 e. The summed E-state index contributed by atoms with van der Waals surface area (Å²) in [6.07, 6.45) is 0. The smallest absolute Gasteiger partial charge is 0.100 e. The highest BCUT2D eigenvalue weighted by Gasteiger charge is 2.00. The van der Waals surface area contributed by atoms with Crippen LogP contribution in [0.5, 0.6) is 0 Å². The zero-order valence-electron chi connectivity index (χ0n) is 6.87. The Hall–Kier alpha value is -1.14. The molecular weight excluding hydrogens is 168 g/mol. The van der Waals surface area contributed by atoms with Crippen molar-refractivity contribution >= 4 is 17.4 Å². The van der Waals surface area contributed by atoms with Gasteiger partial charge in [-0.3, -0.25) is 0 Å². The molecular formula is C9H10N2S. The Balaban J connectivity index is 3.06. The van der Waals surface area contributed by atoms with E-state index < -0.39 is 0 Å². The minimum atomic E-state index is 0.705.